The standard InChI is InChI=1S/C32H45NO5/c1-7-36-31(35)15-13-25-12-14-29(38-22(2)3)18-30(25)23(4)37-21-28(34)20-33-32(5,6)19-24-16-26-10-8-9-11-27(26)17-24/h8-15,18,22-24,28,33-34H,7,16-17,19-21H2,1-6H3/t23-,28-/m1/s1. The third-order valence-corrected chi connectivity index (χ3v) is 6.84. The van der Waals surface area contributed by atoms with Gasteiger partial charge in [0.15, 0.2) is 0 Å². The third-order valence-electron chi connectivity index (χ3n) is 6.84. The van der Waals surface area contributed by atoms with Crippen molar-refractivity contribution in [1.29, 1.82) is 0 Å². The lowest BCUT2D eigenvalue weighted by molar-refractivity contribution is -0.137. The van der Waals surface area contributed by atoms with Crippen molar-refractivity contribution < 1.29 is 24.1 Å². The van der Waals surface area contributed by atoms with Gasteiger partial charge in [0.05, 0.1) is 31.5 Å². The van der Waals surface area contributed by atoms with Gasteiger partial charge in [0.2, 0.25) is 0 Å². The first kappa shape index (κ1) is 29.9. The normalized spacial score (nSPS) is 15.6. The summed E-state index contributed by atoms with van der Waals surface area (Å²) < 4.78 is 17.0. The fourth-order valence-electron chi connectivity index (χ4n) is 5.14. The smallest absolute Gasteiger partial charge is 0.330 e. The van der Waals surface area contributed by atoms with Gasteiger partial charge in [0.25, 0.3) is 0 Å². The van der Waals surface area contributed by atoms with E-state index in [1.54, 1.807) is 13.0 Å². The molecule has 6 nitrogen and oxygen atoms in total. The quantitative estimate of drug-likeness (QED) is 0.246. The molecule has 0 spiro atoms. The lowest BCUT2D eigenvalue weighted by atomic mass is 9.88. The molecule has 0 saturated carbocycles. The molecule has 2 aromatic rings. The SMILES string of the molecule is CCOC(=O)C=Cc1ccc(OC(C)C)cc1[C@@H](C)OC[C@H](O)CNC(C)(C)CC1Cc2ccccc2C1. The van der Waals surface area contributed by atoms with Crippen LogP contribution in [0.2, 0.25) is 0 Å². The summed E-state index contributed by atoms with van der Waals surface area (Å²) in [5, 5.41) is 14.3. The molecule has 0 saturated heterocycles. The van der Waals surface area contributed by atoms with Crippen molar-refractivity contribution in [2.45, 2.75) is 84.7 Å². The fraction of sp³-hybridized carbons (Fsp3) is 0.531. The average molecular weight is 524 g/mol. The minimum absolute atomic E-state index is 0.0367. The Hall–Kier alpha value is -2.67. The van der Waals surface area contributed by atoms with Gasteiger partial charge in [-0.15, -0.1) is 0 Å². The predicted octanol–water partition coefficient (Wildman–Crippen LogP) is 5.66. The van der Waals surface area contributed by atoms with Crippen LogP contribution in [0.5, 0.6) is 5.75 Å². The maximum atomic E-state index is 11.8. The summed E-state index contributed by atoms with van der Waals surface area (Å²) in [5.41, 5.74) is 4.57. The molecule has 1 aliphatic carbocycles. The molecule has 0 fully saturated rings. The van der Waals surface area contributed by atoms with E-state index in [2.05, 4.69) is 43.4 Å². The number of hydrogen-bond acceptors (Lipinski definition) is 6. The zero-order valence-electron chi connectivity index (χ0n) is 23.8. The molecule has 2 atom stereocenters. The molecule has 0 radical (unpaired) electrons. The zero-order chi connectivity index (χ0) is 27.7. The van der Waals surface area contributed by atoms with Gasteiger partial charge in [-0.25, -0.2) is 4.79 Å². The number of benzene rings is 2. The van der Waals surface area contributed by atoms with Crippen molar-refractivity contribution in [2.75, 3.05) is 19.8 Å². The predicted molar refractivity (Wildman–Crippen MR) is 152 cm³/mol. The monoisotopic (exact) mass is 523 g/mol. The van der Waals surface area contributed by atoms with Gasteiger partial charge in [-0.2, -0.15) is 0 Å². The summed E-state index contributed by atoms with van der Waals surface area (Å²) in [6, 6.07) is 14.4. The lowest BCUT2D eigenvalue weighted by Crippen LogP contribution is -2.45. The highest BCUT2D eigenvalue weighted by Crippen LogP contribution is 2.32. The van der Waals surface area contributed by atoms with Gasteiger partial charge >= 0.3 is 5.97 Å². The minimum atomic E-state index is -0.647. The van der Waals surface area contributed by atoms with Gasteiger partial charge in [-0.05, 0) is 107 Å². The van der Waals surface area contributed by atoms with Crippen LogP contribution in [0.25, 0.3) is 6.08 Å². The van der Waals surface area contributed by atoms with E-state index in [-0.39, 0.29) is 30.3 Å². The van der Waals surface area contributed by atoms with Crippen molar-refractivity contribution >= 4 is 12.0 Å². The van der Waals surface area contributed by atoms with Crippen LogP contribution in [0.15, 0.2) is 48.5 Å². The van der Waals surface area contributed by atoms with Gasteiger partial charge in [-0.1, -0.05) is 30.3 Å². The Balaban J connectivity index is 1.54. The average Bonchev–Trinajstić information content (AvgIpc) is 3.26. The van der Waals surface area contributed by atoms with Crippen molar-refractivity contribution in [2.24, 2.45) is 5.92 Å². The Kier molecular flexibility index (Phi) is 11.0. The lowest BCUT2D eigenvalue weighted by Gasteiger charge is -2.31. The van der Waals surface area contributed by atoms with Crippen molar-refractivity contribution in [3.8, 4) is 5.75 Å². The van der Waals surface area contributed by atoms with Crippen LogP contribution in [0.3, 0.4) is 0 Å². The molecular weight excluding hydrogens is 478 g/mol. The van der Waals surface area contributed by atoms with Gasteiger partial charge < -0.3 is 24.6 Å². The largest absolute Gasteiger partial charge is 0.491 e. The van der Waals surface area contributed by atoms with E-state index in [4.69, 9.17) is 14.2 Å². The Labute approximate surface area is 228 Å². The molecule has 6 heteroatoms. The van der Waals surface area contributed by atoms with E-state index >= 15 is 0 Å². The molecule has 0 aliphatic heterocycles. The number of carbonyl (C=O) groups excluding carboxylic acids is 1. The number of rotatable bonds is 14. The molecule has 1 aliphatic rings. The first-order chi connectivity index (χ1) is 18.1. The van der Waals surface area contributed by atoms with E-state index in [0.717, 1.165) is 36.1 Å². The Morgan fingerprint density at radius 3 is 2.45 bits per heavy atom. The molecule has 208 valence electrons. The molecule has 2 N–H and O–H groups in total. The molecule has 0 aromatic heterocycles. The molecule has 0 amide bonds. The highest BCUT2D eigenvalue weighted by atomic mass is 16.5. The van der Waals surface area contributed by atoms with Crippen molar-refractivity contribution in [3.05, 3.63) is 70.8 Å². The number of nitrogens with one attached hydrogen (secondary N) is 1. The first-order valence-corrected chi connectivity index (χ1v) is 13.8. The number of carbonyl (C=O) groups is 1. The second-order valence-corrected chi connectivity index (χ2v) is 11.2. The second kappa shape index (κ2) is 13.9. The number of aliphatic hydroxyl groups is 1. The minimum Gasteiger partial charge on any atom is -0.491 e. The Morgan fingerprint density at radius 2 is 1.82 bits per heavy atom. The van der Waals surface area contributed by atoms with Crippen molar-refractivity contribution in [3.63, 3.8) is 0 Å². The van der Waals surface area contributed by atoms with E-state index in [1.807, 2.05) is 39.0 Å². The fourth-order valence-corrected chi connectivity index (χ4v) is 5.14. The van der Waals surface area contributed by atoms with Crippen LogP contribution in [0.1, 0.15) is 76.3 Å². The third kappa shape index (κ3) is 9.26. The maximum Gasteiger partial charge on any atom is 0.330 e. The van der Waals surface area contributed by atoms with Crippen LogP contribution in [0.4, 0.5) is 0 Å². The number of β-amino-alcohol motifs (C(OH)–C–C–N with tert-alkyl or cyclic N) is 1. The molecule has 3 rings (SSSR count). The van der Waals surface area contributed by atoms with Crippen LogP contribution in [0, 0.1) is 5.92 Å². The number of esters is 1. The number of aliphatic hydroxyl groups excluding tert-OH is 1. The summed E-state index contributed by atoms with van der Waals surface area (Å²) in [7, 11) is 0. The summed E-state index contributed by atoms with van der Waals surface area (Å²) >= 11 is 0. The summed E-state index contributed by atoms with van der Waals surface area (Å²) in [6.45, 7) is 13.0. The molecule has 0 heterocycles. The van der Waals surface area contributed by atoms with Gasteiger partial charge in [0.1, 0.15) is 5.75 Å². The number of ether oxygens (including phenoxy) is 3. The highest BCUT2D eigenvalue weighted by molar-refractivity contribution is 5.87. The first-order valence-electron chi connectivity index (χ1n) is 13.8. The van der Waals surface area contributed by atoms with E-state index in [0.29, 0.717) is 19.1 Å². The molecular formula is C32H45NO5. The number of hydrogen-bond donors (Lipinski definition) is 2. The van der Waals surface area contributed by atoms with Crippen LogP contribution in [-0.4, -0.2) is 48.6 Å². The second-order valence-electron chi connectivity index (χ2n) is 11.2. The number of fused-ring (bicyclic) bond motifs is 1. The van der Waals surface area contributed by atoms with Crippen LogP contribution >= 0.6 is 0 Å². The highest BCUT2D eigenvalue weighted by Gasteiger charge is 2.28. The molecule has 0 bridgehead atoms. The van der Waals surface area contributed by atoms with Crippen LogP contribution < -0.4 is 10.1 Å². The molecule has 38 heavy (non-hydrogen) atoms. The zero-order valence-corrected chi connectivity index (χ0v) is 23.8. The van der Waals surface area contributed by atoms with Crippen LogP contribution in [-0.2, 0) is 27.1 Å². The maximum absolute atomic E-state index is 11.8. The van der Waals surface area contributed by atoms with Gasteiger partial charge in [-0.3, -0.25) is 0 Å². The summed E-state index contributed by atoms with van der Waals surface area (Å²) in [6.07, 6.45) is 5.52. The van der Waals surface area contributed by atoms with E-state index in [1.165, 1.54) is 17.2 Å². The summed E-state index contributed by atoms with van der Waals surface area (Å²) in [4.78, 5) is 11.8. The Morgan fingerprint density at radius 1 is 1.13 bits per heavy atom. The van der Waals surface area contributed by atoms with E-state index in [9.17, 15) is 9.90 Å². The van der Waals surface area contributed by atoms with Gasteiger partial charge in [0, 0.05) is 18.2 Å². The molecule has 0 unspecified atom stereocenters. The molecule has 2 aromatic carbocycles. The summed E-state index contributed by atoms with van der Waals surface area (Å²) in [5.74, 6) is 0.960. The van der Waals surface area contributed by atoms with Crippen molar-refractivity contribution in [1.82, 2.24) is 5.32 Å². The Bertz CT molecular complexity index is 1050. The topological polar surface area (TPSA) is 77.0 Å². The van der Waals surface area contributed by atoms with E-state index < -0.39 is 6.10 Å².